The first-order valence-electron chi connectivity index (χ1n) is 9.91. The van der Waals surface area contributed by atoms with E-state index in [4.69, 9.17) is 0 Å². The Hall–Kier alpha value is -3.35. The first-order valence-corrected chi connectivity index (χ1v) is 9.91. The van der Waals surface area contributed by atoms with Gasteiger partial charge in [0.15, 0.2) is 0 Å². The van der Waals surface area contributed by atoms with Crippen LogP contribution in [0.5, 0.6) is 0 Å². The predicted octanol–water partition coefficient (Wildman–Crippen LogP) is 5.56. The van der Waals surface area contributed by atoms with E-state index in [2.05, 4.69) is 30.2 Å². The highest BCUT2D eigenvalue weighted by molar-refractivity contribution is 5.85. The molecule has 4 rings (SSSR count). The topological polar surface area (TPSA) is 79.4 Å². The van der Waals surface area contributed by atoms with Crippen molar-refractivity contribution in [3.05, 3.63) is 71.6 Å². The molecular formula is C23H27FN6. The minimum atomic E-state index is -1.45. The van der Waals surface area contributed by atoms with Gasteiger partial charge in [0, 0.05) is 35.2 Å². The zero-order valence-corrected chi connectivity index (χ0v) is 18.0. The quantitative estimate of drug-likeness (QED) is 0.464. The average molecular weight is 407 g/mol. The number of aromatic amines is 1. The summed E-state index contributed by atoms with van der Waals surface area (Å²) in [5, 5.41) is 3.89. The van der Waals surface area contributed by atoms with Crippen LogP contribution in [0.3, 0.4) is 0 Å². The molecule has 0 fully saturated rings. The lowest BCUT2D eigenvalue weighted by atomic mass is 9.95. The Labute approximate surface area is 176 Å². The Morgan fingerprint density at radius 1 is 1.03 bits per heavy atom. The van der Waals surface area contributed by atoms with Crippen LogP contribution >= 0.6 is 0 Å². The molecule has 0 aliphatic rings. The van der Waals surface area contributed by atoms with Crippen molar-refractivity contribution < 1.29 is 4.39 Å². The molecule has 7 heteroatoms. The standard InChI is InChI=1S/C17H20FN5.C6H7N/c1-5-12-14(17(3,4)18)13-10(2)20-16(23-15(13)22-12)21-11-7-6-8-19-9-11;1-6-3-2-4-7-5-6/h6-9H,5H2,1-4H3,(H2,20,21,22,23);2-5H,1H3. The van der Waals surface area contributed by atoms with Crippen molar-refractivity contribution in [1.29, 1.82) is 0 Å². The van der Waals surface area contributed by atoms with Gasteiger partial charge in [0.2, 0.25) is 5.95 Å². The summed E-state index contributed by atoms with van der Waals surface area (Å²) in [5.74, 6) is 0.468. The third-order valence-electron chi connectivity index (χ3n) is 4.59. The molecule has 0 atom stereocenters. The maximum absolute atomic E-state index is 14.7. The van der Waals surface area contributed by atoms with Crippen LogP contribution in [0.4, 0.5) is 16.0 Å². The van der Waals surface area contributed by atoms with Crippen LogP contribution in [0.15, 0.2) is 49.1 Å². The van der Waals surface area contributed by atoms with E-state index in [9.17, 15) is 4.39 Å². The second kappa shape index (κ2) is 8.98. The fraction of sp³-hybridized carbons (Fsp3) is 0.304. The summed E-state index contributed by atoms with van der Waals surface area (Å²) in [6, 6.07) is 7.67. The number of aryl methyl sites for hydroxylation is 3. The molecule has 0 aliphatic heterocycles. The van der Waals surface area contributed by atoms with E-state index in [-0.39, 0.29) is 0 Å². The van der Waals surface area contributed by atoms with Crippen LogP contribution < -0.4 is 5.32 Å². The third-order valence-corrected chi connectivity index (χ3v) is 4.59. The highest BCUT2D eigenvalue weighted by Crippen LogP contribution is 2.36. The molecule has 0 bridgehead atoms. The second-order valence-electron chi connectivity index (χ2n) is 7.56. The van der Waals surface area contributed by atoms with Crippen LogP contribution in [0, 0.1) is 13.8 Å². The van der Waals surface area contributed by atoms with E-state index in [0.29, 0.717) is 23.6 Å². The minimum absolute atomic E-state index is 0.468. The van der Waals surface area contributed by atoms with E-state index >= 15 is 0 Å². The molecule has 0 radical (unpaired) electrons. The Morgan fingerprint density at radius 3 is 2.23 bits per heavy atom. The Bertz CT molecular complexity index is 1100. The monoisotopic (exact) mass is 406 g/mol. The number of nitrogens with one attached hydrogen (secondary N) is 2. The van der Waals surface area contributed by atoms with Gasteiger partial charge in [-0.3, -0.25) is 9.97 Å². The summed E-state index contributed by atoms with van der Waals surface area (Å²) in [6.07, 6.45) is 7.72. The number of fused-ring (bicyclic) bond motifs is 1. The number of anilines is 2. The van der Waals surface area contributed by atoms with Crippen molar-refractivity contribution in [3.8, 4) is 0 Å². The van der Waals surface area contributed by atoms with Gasteiger partial charge in [-0.05, 0) is 57.9 Å². The number of hydrogen-bond acceptors (Lipinski definition) is 5. The molecule has 4 heterocycles. The SMILES string of the molecule is CCc1[nH]c2nc(Nc3cccnc3)nc(C)c2c1C(C)(C)F.Cc1cccnc1. The fourth-order valence-electron chi connectivity index (χ4n) is 3.31. The summed E-state index contributed by atoms with van der Waals surface area (Å²) >= 11 is 0. The van der Waals surface area contributed by atoms with Crippen molar-refractivity contribution in [2.75, 3.05) is 5.32 Å². The van der Waals surface area contributed by atoms with Gasteiger partial charge in [0.25, 0.3) is 0 Å². The largest absolute Gasteiger partial charge is 0.343 e. The lowest BCUT2D eigenvalue weighted by molar-refractivity contribution is 0.222. The molecule has 0 aliphatic carbocycles. The van der Waals surface area contributed by atoms with Crippen molar-refractivity contribution in [3.63, 3.8) is 0 Å². The number of aromatic nitrogens is 5. The van der Waals surface area contributed by atoms with Gasteiger partial charge in [-0.2, -0.15) is 4.98 Å². The van der Waals surface area contributed by atoms with Crippen LogP contribution in [0.25, 0.3) is 11.0 Å². The number of pyridine rings is 2. The van der Waals surface area contributed by atoms with Gasteiger partial charge in [0.1, 0.15) is 11.3 Å². The number of H-pyrrole nitrogens is 1. The maximum atomic E-state index is 14.7. The zero-order valence-electron chi connectivity index (χ0n) is 18.0. The lowest BCUT2D eigenvalue weighted by Crippen LogP contribution is -2.12. The van der Waals surface area contributed by atoms with E-state index < -0.39 is 5.67 Å². The van der Waals surface area contributed by atoms with E-state index in [1.165, 1.54) is 5.56 Å². The van der Waals surface area contributed by atoms with Crippen molar-refractivity contribution in [2.24, 2.45) is 0 Å². The van der Waals surface area contributed by atoms with E-state index in [0.717, 1.165) is 22.5 Å². The van der Waals surface area contributed by atoms with E-state index in [1.807, 2.05) is 51.2 Å². The van der Waals surface area contributed by atoms with Gasteiger partial charge in [-0.25, -0.2) is 9.37 Å². The summed E-state index contributed by atoms with van der Waals surface area (Å²) < 4.78 is 14.7. The van der Waals surface area contributed by atoms with Crippen LogP contribution in [-0.2, 0) is 12.1 Å². The number of nitrogens with zero attached hydrogens (tertiary/aromatic N) is 4. The number of rotatable bonds is 4. The van der Waals surface area contributed by atoms with E-state index in [1.54, 1.807) is 32.4 Å². The van der Waals surface area contributed by atoms with Crippen molar-refractivity contribution in [1.82, 2.24) is 24.9 Å². The third kappa shape index (κ3) is 4.97. The Morgan fingerprint density at radius 2 is 1.73 bits per heavy atom. The molecule has 0 spiro atoms. The van der Waals surface area contributed by atoms with Gasteiger partial charge in [-0.15, -0.1) is 0 Å². The van der Waals surface area contributed by atoms with Gasteiger partial charge >= 0.3 is 0 Å². The minimum Gasteiger partial charge on any atom is -0.343 e. The molecule has 0 saturated heterocycles. The molecule has 0 aromatic carbocycles. The van der Waals surface area contributed by atoms with Crippen molar-refractivity contribution >= 4 is 22.7 Å². The van der Waals surface area contributed by atoms with Gasteiger partial charge < -0.3 is 10.3 Å². The fourth-order valence-corrected chi connectivity index (χ4v) is 3.31. The second-order valence-corrected chi connectivity index (χ2v) is 7.56. The molecule has 6 nitrogen and oxygen atoms in total. The highest BCUT2D eigenvalue weighted by atomic mass is 19.1. The molecule has 4 aromatic rings. The normalized spacial score (nSPS) is 11.1. The predicted molar refractivity (Wildman–Crippen MR) is 119 cm³/mol. The number of halogens is 1. The van der Waals surface area contributed by atoms with Crippen LogP contribution in [0.2, 0.25) is 0 Å². The van der Waals surface area contributed by atoms with Gasteiger partial charge in [0.05, 0.1) is 17.6 Å². The smallest absolute Gasteiger partial charge is 0.229 e. The lowest BCUT2D eigenvalue weighted by Gasteiger charge is -2.16. The van der Waals surface area contributed by atoms with Gasteiger partial charge in [-0.1, -0.05) is 13.0 Å². The number of alkyl halides is 1. The number of hydrogen-bond donors (Lipinski definition) is 2. The zero-order chi connectivity index (χ0) is 21.7. The van der Waals surface area contributed by atoms with Crippen molar-refractivity contribution in [2.45, 2.75) is 46.7 Å². The molecule has 0 saturated carbocycles. The molecule has 156 valence electrons. The average Bonchev–Trinajstić information content (AvgIpc) is 3.09. The summed E-state index contributed by atoms with van der Waals surface area (Å²) in [4.78, 5) is 20.2. The van der Waals surface area contributed by atoms with Crippen LogP contribution in [0.1, 0.15) is 43.3 Å². The molecule has 2 N–H and O–H groups in total. The summed E-state index contributed by atoms with van der Waals surface area (Å²) in [7, 11) is 0. The molecule has 30 heavy (non-hydrogen) atoms. The first kappa shape index (κ1) is 21.4. The molecule has 4 aromatic heterocycles. The summed E-state index contributed by atoms with van der Waals surface area (Å²) in [6.45, 7) is 9.03. The molecule has 0 unspecified atom stereocenters. The summed E-state index contributed by atoms with van der Waals surface area (Å²) in [5.41, 5.74) is 3.49. The first-order chi connectivity index (χ1) is 14.3. The molecule has 0 amide bonds. The Balaban J connectivity index is 0.000000310. The maximum Gasteiger partial charge on any atom is 0.229 e. The highest BCUT2D eigenvalue weighted by Gasteiger charge is 2.28. The Kier molecular flexibility index (Phi) is 6.40. The molecular weight excluding hydrogens is 379 g/mol. The van der Waals surface area contributed by atoms with Crippen LogP contribution in [-0.4, -0.2) is 24.9 Å².